The smallest absolute Gasteiger partial charge is 0.232 e. The summed E-state index contributed by atoms with van der Waals surface area (Å²) >= 11 is 0. The van der Waals surface area contributed by atoms with E-state index in [4.69, 9.17) is 0 Å². The molecular formula is C16H29N3O3. The average Bonchev–Trinajstić information content (AvgIpc) is 2.69. The van der Waals surface area contributed by atoms with Crippen LogP contribution in [0.25, 0.3) is 0 Å². The molecular weight excluding hydrogens is 282 g/mol. The maximum absolute atomic E-state index is 11.9. The molecule has 1 aliphatic heterocycles. The first kappa shape index (κ1) is 18.6. The van der Waals surface area contributed by atoms with E-state index in [2.05, 4.69) is 4.90 Å². The van der Waals surface area contributed by atoms with E-state index in [1.807, 2.05) is 21.1 Å². The van der Waals surface area contributed by atoms with Gasteiger partial charge in [0.05, 0.1) is 0 Å². The fraction of sp³-hybridized carbons (Fsp3) is 0.812. The van der Waals surface area contributed by atoms with E-state index >= 15 is 0 Å². The summed E-state index contributed by atoms with van der Waals surface area (Å²) in [5, 5.41) is 0. The Hall–Kier alpha value is -1.43. The molecule has 1 atom stereocenters. The largest absolute Gasteiger partial charge is 0.344 e. The van der Waals surface area contributed by atoms with Crippen LogP contribution in [0.5, 0.6) is 0 Å². The standard InChI is InChI=1S/C16H29N3O3/c1-13-12-15(21)19(16(13)22)9-7-5-6-8-14(20)18(4)11-10-17(2)3/h13H,5-12H2,1-4H3. The molecule has 0 aromatic rings. The molecule has 0 saturated carbocycles. The van der Waals surface area contributed by atoms with Gasteiger partial charge in [0.25, 0.3) is 0 Å². The SMILES string of the molecule is CC1CC(=O)N(CCCCCC(=O)N(C)CCN(C)C)C1=O. The summed E-state index contributed by atoms with van der Waals surface area (Å²) in [4.78, 5) is 40.5. The van der Waals surface area contributed by atoms with Crippen LogP contribution in [0.1, 0.15) is 39.0 Å². The van der Waals surface area contributed by atoms with Gasteiger partial charge in [-0.1, -0.05) is 13.3 Å². The fourth-order valence-electron chi connectivity index (χ4n) is 2.47. The molecule has 1 fully saturated rings. The molecule has 0 spiro atoms. The predicted octanol–water partition coefficient (Wildman–Crippen LogP) is 0.962. The second-order valence-corrected chi connectivity index (χ2v) is 6.42. The quantitative estimate of drug-likeness (QED) is 0.470. The van der Waals surface area contributed by atoms with Gasteiger partial charge in [0.15, 0.2) is 0 Å². The second kappa shape index (κ2) is 8.88. The highest BCUT2D eigenvalue weighted by Crippen LogP contribution is 2.19. The highest BCUT2D eigenvalue weighted by atomic mass is 16.2. The molecule has 0 radical (unpaired) electrons. The summed E-state index contributed by atoms with van der Waals surface area (Å²) in [5.41, 5.74) is 0. The highest BCUT2D eigenvalue weighted by Gasteiger charge is 2.34. The molecule has 0 aromatic carbocycles. The zero-order chi connectivity index (χ0) is 16.7. The van der Waals surface area contributed by atoms with Gasteiger partial charge in [-0.3, -0.25) is 19.3 Å². The molecule has 1 rings (SSSR count). The fourth-order valence-corrected chi connectivity index (χ4v) is 2.47. The van der Waals surface area contributed by atoms with Crippen LogP contribution in [0.3, 0.4) is 0 Å². The number of hydrogen-bond donors (Lipinski definition) is 0. The molecule has 6 nitrogen and oxygen atoms in total. The third-order valence-electron chi connectivity index (χ3n) is 4.05. The molecule has 0 N–H and O–H groups in total. The van der Waals surface area contributed by atoms with Crippen LogP contribution in [0.15, 0.2) is 0 Å². The number of likely N-dealkylation sites (tertiary alicyclic amines) is 1. The minimum atomic E-state index is -0.167. The number of amides is 3. The number of rotatable bonds is 9. The van der Waals surface area contributed by atoms with E-state index in [-0.39, 0.29) is 23.6 Å². The molecule has 3 amide bonds. The van der Waals surface area contributed by atoms with E-state index in [0.717, 1.165) is 32.4 Å². The Kier molecular flexibility index (Phi) is 7.51. The van der Waals surface area contributed by atoms with Gasteiger partial charge in [0.1, 0.15) is 0 Å². The highest BCUT2D eigenvalue weighted by molar-refractivity contribution is 6.03. The van der Waals surface area contributed by atoms with Gasteiger partial charge in [-0.2, -0.15) is 0 Å². The average molecular weight is 311 g/mol. The summed E-state index contributed by atoms with van der Waals surface area (Å²) < 4.78 is 0. The maximum Gasteiger partial charge on any atom is 0.232 e. The van der Waals surface area contributed by atoms with Crippen molar-refractivity contribution in [2.24, 2.45) is 5.92 Å². The third kappa shape index (κ3) is 5.75. The van der Waals surface area contributed by atoms with Crippen molar-refractivity contribution in [2.45, 2.75) is 39.0 Å². The van der Waals surface area contributed by atoms with Crippen LogP contribution in [0.2, 0.25) is 0 Å². The Bertz CT molecular complexity index is 409. The molecule has 22 heavy (non-hydrogen) atoms. The number of imide groups is 1. The summed E-state index contributed by atoms with van der Waals surface area (Å²) in [5.74, 6) is -0.121. The lowest BCUT2D eigenvalue weighted by Crippen LogP contribution is -2.33. The molecule has 1 saturated heterocycles. The zero-order valence-corrected chi connectivity index (χ0v) is 14.3. The predicted molar refractivity (Wildman–Crippen MR) is 85.2 cm³/mol. The second-order valence-electron chi connectivity index (χ2n) is 6.42. The first-order valence-electron chi connectivity index (χ1n) is 8.05. The van der Waals surface area contributed by atoms with Crippen LogP contribution in [0.4, 0.5) is 0 Å². The van der Waals surface area contributed by atoms with E-state index in [1.54, 1.807) is 11.8 Å². The van der Waals surface area contributed by atoms with Crippen LogP contribution >= 0.6 is 0 Å². The number of carbonyl (C=O) groups is 3. The minimum Gasteiger partial charge on any atom is -0.344 e. The lowest BCUT2D eigenvalue weighted by molar-refractivity contribution is -0.139. The molecule has 0 aromatic heterocycles. The molecule has 1 heterocycles. The Balaban J connectivity index is 2.14. The lowest BCUT2D eigenvalue weighted by atomic mass is 10.1. The van der Waals surface area contributed by atoms with E-state index in [0.29, 0.717) is 19.4 Å². The van der Waals surface area contributed by atoms with E-state index in [1.165, 1.54) is 4.90 Å². The lowest BCUT2D eigenvalue weighted by Gasteiger charge is -2.19. The van der Waals surface area contributed by atoms with Gasteiger partial charge in [-0.05, 0) is 26.9 Å². The minimum absolute atomic E-state index is 0.0514. The van der Waals surface area contributed by atoms with Crippen molar-refractivity contribution in [1.82, 2.24) is 14.7 Å². The van der Waals surface area contributed by atoms with Gasteiger partial charge in [-0.25, -0.2) is 0 Å². The third-order valence-corrected chi connectivity index (χ3v) is 4.05. The Labute approximate surface area is 133 Å². The summed E-state index contributed by atoms with van der Waals surface area (Å²) in [6.07, 6.45) is 3.31. The Morgan fingerprint density at radius 1 is 1.14 bits per heavy atom. The van der Waals surface area contributed by atoms with Crippen molar-refractivity contribution in [3.8, 4) is 0 Å². The van der Waals surface area contributed by atoms with Gasteiger partial charge in [0, 0.05) is 45.4 Å². The van der Waals surface area contributed by atoms with Crippen LogP contribution in [-0.4, -0.2) is 73.2 Å². The van der Waals surface area contributed by atoms with Crippen molar-refractivity contribution >= 4 is 17.7 Å². The van der Waals surface area contributed by atoms with Crippen molar-refractivity contribution in [3.05, 3.63) is 0 Å². The molecule has 0 aliphatic carbocycles. The molecule has 1 unspecified atom stereocenters. The summed E-state index contributed by atoms with van der Waals surface area (Å²) in [6, 6.07) is 0. The molecule has 1 aliphatic rings. The van der Waals surface area contributed by atoms with Crippen LogP contribution in [0, 0.1) is 5.92 Å². The topological polar surface area (TPSA) is 60.9 Å². The molecule has 6 heteroatoms. The summed E-state index contributed by atoms with van der Waals surface area (Å²) in [6.45, 7) is 3.88. The number of nitrogens with zero attached hydrogens (tertiary/aromatic N) is 3. The normalized spacial score (nSPS) is 18.4. The van der Waals surface area contributed by atoms with Crippen molar-refractivity contribution in [3.63, 3.8) is 0 Å². The van der Waals surface area contributed by atoms with Crippen LogP contribution < -0.4 is 0 Å². The molecule has 0 bridgehead atoms. The number of carbonyl (C=O) groups excluding carboxylic acids is 3. The van der Waals surface area contributed by atoms with Crippen LogP contribution in [-0.2, 0) is 14.4 Å². The van der Waals surface area contributed by atoms with Crippen molar-refractivity contribution in [2.75, 3.05) is 40.8 Å². The monoisotopic (exact) mass is 311 g/mol. The van der Waals surface area contributed by atoms with E-state index < -0.39 is 0 Å². The Morgan fingerprint density at radius 3 is 2.36 bits per heavy atom. The number of likely N-dealkylation sites (N-methyl/N-ethyl adjacent to an activating group) is 2. The first-order valence-corrected chi connectivity index (χ1v) is 8.05. The Morgan fingerprint density at radius 2 is 1.82 bits per heavy atom. The van der Waals surface area contributed by atoms with Gasteiger partial charge >= 0.3 is 0 Å². The van der Waals surface area contributed by atoms with Crippen molar-refractivity contribution in [1.29, 1.82) is 0 Å². The van der Waals surface area contributed by atoms with E-state index in [9.17, 15) is 14.4 Å². The zero-order valence-electron chi connectivity index (χ0n) is 14.3. The molecule has 126 valence electrons. The maximum atomic E-state index is 11.9. The van der Waals surface area contributed by atoms with Gasteiger partial charge in [-0.15, -0.1) is 0 Å². The van der Waals surface area contributed by atoms with Crippen molar-refractivity contribution < 1.29 is 14.4 Å². The number of hydrogen-bond acceptors (Lipinski definition) is 4. The van der Waals surface area contributed by atoms with Gasteiger partial charge in [0.2, 0.25) is 17.7 Å². The van der Waals surface area contributed by atoms with Gasteiger partial charge < -0.3 is 9.80 Å². The summed E-state index contributed by atoms with van der Waals surface area (Å²) in [7, 11) is 5.80. The number of unbranched alkanes of at least 4 members (excludes halogenated alkanes) is 2. The first-order chi connectivity index (χ1) is 10.3.